The van der Waals surface area contributed by atoms with Gasteiger partial charge in [0.2, 0.25) is 0 Å². The quantitative estimate of drug-likeness (QED) is 0.820. The summed E-state index contributed by atoms with van der Waals surface area (Å²) in [5.41, 5.74) is 0.467. The zero-order valence-corrected chi connectivity index (χ0v) is 13.7. The van der Waals surface area contributed by atoms with Gasteiger partial charge in [-0.3, -0.25) is 9.71 Å². The van der Waals surface area contributed by atoms with Crippen LogP contribution in [-0.2, 0) is 16.4 Å². The van der Waals surface area contributed by atoms with Crippen LogP contribution < -0.4 is 10.0 Å². The van der Waals surface area contributed by atoms with Gasteiger partial charge < -0.3 is 5.32 Å². The predicted molar refractivity (Wildman–Crippen MR) is 86.2 cm³/mol. The molecule has 21 heavy (non-hydrogen) atoms. The van der Waals surface area contributed by atoms with Crippen LogP contribution in [0.15, 0.2) is 40.9 Å². The Bertz CT molecular complexity index is 667. The van der Waals surface area contributed by atoms with Crippen LogP contribution in [0.2, 0.25) is 0 Å². The number of hydrogen-bond acceptors (Lipinski definition) is 5. The lowest BCUT2D eigenvalue weighted by Gasteiger charge is -2.06. The number of hydrogen-bond donors (Lipinski definition) is 2. The maximum Gasteiger partial charge on any atom is 0.271 e. The van der Waals surface area contributed by atoms with E-state index in [1.165, 1.54) is 17.5 Å². The average Bonchev–Trinajstić information content (AvgIpc) is 2.88. The summed E-state index contributed by atoms with van der Waals surface area (Å²) < 4.78 is 27.4. The topological polar surface area (TPSA) is 71.1 Å². The first-order valence-corrected chi connectivity index (χ1v) is 9.02. The summed E-state index contributed by atoms with van der Waals surface area (Å²) in [7, 11) is -3.53. The molecule has 0 aliphatic heterocycles. The third-order valence-electron chi connectivity index (χ3n) is 2.74. The van der Waals surface area contributed by atoms with E-state index in [2.05, 4.69) is 28.9 Å². The van der Waals surface area contributed by atoms with E-state index >= 15 is 0 Å². The third-order valence-corrected chi connectivity index (χ3v) is 5.76. The van der Waals surface area contributed by atoms with E-state index in [-0.39, 0.29) is 0 Å². The lowest BCUT2D eigenvalue weighted by molar-refractivity contribution is 0.592. The fraction of sp³-hybridized carbons (Fsp3) is 0.357. The van der Waals surface area contributed by atoms with Crippen molar-refractivity contribution >= 4 is 27.0 Å². The van der Waals surface area contributed by atoms with Crippen LogP contribution in [-0.4, -0.2) is 26.0 Å². The molecule has 2 rings (SSSR count). The zero-order valence-electron chi connectivity index (χ0n) is 12.0. The van der Waals surface area contributed by atoms with Crippen molar-refractivity contribution in [2.75, 3.05) is 11.3 Å². The van der Waals surface area contributed by atoms with Gasteiger partial charge in [0.15, 0.2) is 0 Å². The molecule has 0 aliphatic rings. The van der Waals surface area contributed by atoms with E-state index in [0.717, 1.165) is 17.8 Å². The number of thiophene rings is 1. The number of nitrogens with one attached hydrogen (secondary N) is 2. The van der Waals surface area contributed by atoms with Gasteiger partial charge in [-0.05, 0) is 30.7 Å². The van der Waals surface area contributed by atoms with E-state index in [9.17, 15) is 8.42 Å². The SMILES string of the molecule is CC(C)NCCc1ccc(S(=O)(=O)Nc2cccnc2)s1. The van der Waals surface area contributed by atoms with Crippen LogP contribution in [0.25, 0.3) is 0 Å². The Balaban J connectivity index is 2.02. The number of sulfonamides is 1. The first-order valence-electron chi connectivity index (χ1n) is 6.72. The number of nitrogens with zero attached hydrogens (tertiary/aromatic N) is 1. The molecule has 0 saturated carbocycles. The average molecular weight is 325 g/mol. The molecule has 5 nitrogen and oxygen atoms in total. The van der Waals surface area contributed by atoms with Crippen LogP contribution in [0.1, 0.15) is 18.7 Å². The summed E-state index contributed by atoms with van der Waals surface area (Å²) in [6.07, 6.45) is 3.91. The molecule has 0 aromatic carbocycles. The molecular formula is C14H19N3O2S2. The number of rotatable bonds is 7. The summed E-state index contributed by atoms with van der Waals surface area (Å²) in [5, 5.41) is 3.32. The Morgan fingerprint density at radius 3 is 2.76 bits per heavy atom. The molecule has 0 aliphatic carbocycles. The normalized spacial score (nSPS) is 11.8. The highest BCUT2D eigenvalue weighted by Crippen LogP contribution is 2.24. The Morgan fingerprint density at radius 2 is 2.10 bits per heavy atom. The monoisotopic (exact) mass is 325 g/mol. The van der Waals surface area contributed by atoms with Gasteiger partial charge >= 0.3 is 0 Å². The fourth-order valence-electron chi connectivity index (χ4n) is 1.75. The molecule has 0 unspecified atom stereocenters. The second-order valence-corrected chi connectivity index (χ2v) is 8.00. The first-order chi connectivity index (χ1) is 9.97. The Hall–Kier alpha value is -1.44. The summed E-state index contributed by atoms with van der Waals surface area (Å²) in [6.45, 7) is 5.01. The highest BCUT2D eigenvalue weighted by molar-refractivity contribution is 7.94. The summed E-state index contributed by atoms with van der Waals surface area (Å²) >= 11 is 1.30. The van der Waals surface area contributed by atoms with Crippen molar-refractivity contribution in [1.82, 2.24) is 10.3 Å². The Kier molecular flexibility index (Phi) is 5.33. The maximum absolute atomic E-state index is 12.3. The van der Waals surface area contributed by atoms with E-state index < -0.39 is 10.0 Å². The van der Waals surface area contributed by atoms with E-state index in [0.29, 0.717) is 15.9 Å². The van der Waals surface area contributed by atoms with Crippen molar-refractivity contribution in [3.05, 3.63) is 41.5 Å². The molecule has 0 amide bonds. The molecule has 2 heterocycles. The molecular weight excluding hydrogens is 306 g/mol. The fourth-order valence-corrected chi connectivity index (χ4v) is 4.15. The van der Waals surface area contributed by atoms with Crippen molar-refractivity contribution in [3.8, 4) is 0 Å². The molecule has 2 aromatic rings. The molecule has 0 bridgehead atoms. The van der Waals surface area contributed by atoms with Gasteiger partial charge in [-0.1, -0.05) is 13.8 Å². The number of anilines is 1. The molecule has 0 fully saturated rings. The molecule has 7 heteroatoms. The maximum atomic E-state index is 12.3. The van der Waals surface area contributed by atoms with Crippen molar-refractivity contribution in [2.24, 2.45) is 0 Å². The Morgan fingerprint density at radius 1 is 1.29 bits per heavy atom. The van der Waals surface area contributed by atoms with Gasteiger partial charge in [0.1, 0.15) is 4.21 Å². The van der Waals surface area contributed by atoms with Crippen LogP contribution in [0, 0.1) is 0 Å². The van der Waals surface area contributed by atoms with E-state index in [1.54, 1.807) is 24.4 Å². The summed E-state index contributed by atoms with van der Waals surface area (Å²) in [5.74, 6) is 0. The predicted octanol–water partition coefficient (Wildman–Crippen LogP) is 2.48. The van der Waals surface area contributed by atoms with Crippen molar-refractivity contribution in [3.63, 3.8) is 0 Å². The van der Waals surface area contributed by atoms with Gasteiger partial charge in [-0.15, -0.1) is 11.3 Å². The smallest absolute Gasteiger partial charge is 0.271 e. The van der Waals surface area contributed by atoms with E-state index in [1.807, 2.05) is 6.07 Å². The van der Waals surface area contributed by atoms with Gasteiger partial charge in [0.25, 0.3) is 10.0 Å². The van der Waals surface area contributed by atoms with Crippen LogP contribution in [0.4, 0.5) is 5.69 Å². The minimum atomic E-state index is -3.53. The van der Waals surface area contributed by atoms with Gasteiger partial charge in [0, 0.05) is 23.7 Å². The van der Waals surface area contributed by atoms with Crippen LogP contribution in [0.3, 0.4) is 0 Å². The van der Waals surface area contributed by atoms with Gasteiger partial charge in [0.05, 0.1) is 11.9 Å². The number of pyridine rings is 1. The van der Waals surface area contributed by atoms with Crippen molar-refractivity contribution < 1.29 is 8.42 Å². The number of aromatic nitrogens is 1. The minimum Gasteiger partial charge on any atom is -0.314 e. The second-order valence-electron chi connectivity index (χ2n) is 4.93. The van der Waals surface area contributed by atoms with Crippen LogP contribution >= 0.6 is 11.3 Å². The van der Waals surface area contributed by atoms with Crippen LogP contribution in [0.5, 0.6) is 0 Å². The molecule has 2 aromatic heterocycles. The lowest BCUT2D eigenvalue weighted by atomic mass is 10.3. The van der Waals surface area contributed by atoms with E-state index in [4.69, 9.17) is 0 Å². The molecule has 0 radical (unpaired) electrons. The molecule has 2 N–H and O–H groups in total. The molecule has 0 spiro atoms. The largest absolute Gasteiger partial charge is 0.314 e. The second kappa shape index (κ2) is 7.02. The molecule has 0 atom stereocenters. The molecule has 114 valence electrons. The molecule has 0 saturated heterocycles. The summed E-state index contributed by atoms with van der Waals surface area (Å²) in [4.78, 5) is 4.94. The highest BCUT2D eigenvalue weighted by Gasteiger charge is 2.16. The van der Waals surface area contributed by atoms with Crippen molar-refractivity contribution in [1.29, 1.82) is 0 Å². The zero-order chi connectivity index (χ0) is 15.3. The minimum absolute atomic E-state index is 0.325. The van der Waals surface area contributed by atoms with Crippen molar-refractivity contribution in [2.45, 2.75) is 30.5 Å². The standard InChI is InChI=1S/C14H19N3O2S2/c1-11(2)16-9-7-13-5-6-14(20-13)21(18,19)17-12-4-3-8-15-10-12/h3-6,8,10-11,16-17H,7,9H2,1-2H3. The first kappa shape index (κ1) is 15.9. The van der Waals surface area contributed by atoms with Gasteiger partial charge in [-0.2, -0.15) is 0 Å². The Labute approximate surface area is 129 Å². The summed E-state index contributed by atoms with van der Waals surface area (Å²) in [6, 6.07) is 7.31. The lowest BCUT2D eigenvalue weighted by Crippen LogP contribution is -2.24. The third kappa shape index (κ3) is 4.80. The highest BCUT2D eigenvalue weighted by atomic mass is 32.2. The van der Waals surface area contributed by atoms with Gasteiger partial charge in [-0.25, -0.2) is 8.42 Å².